The lowest BCUT2D eigenvalue weighted by molar-refractivity contribution is -0.165. The lowest BCUT2D eigenvalue weighted by atomic mass is 10.1. The third kappa shape index (κ3) is 3.41. The molecule has 0 aliphatic carbocycles. The van der Waals surface area contributed by atoms with E-state index in [-0.39, 0.29) is 11.4 Å². The molecule has 0 amide bonds. The summed E-state index contributed by atoms with van der Waals surface area (Å²) in [6.07, 6.45) is 1.96. The molecule has 3 aromatic rings. The minimum Gasteiger partial charge on any atom is -0.347 e. The minimum atomic E-state index is -0.587. The molecule has 30 heavy (non-hydrogen) atoms. The number of ether oxygens (including phenoxy) is 2. The van der Waals surface area contributed by atoms with Gasteiger partial charge in [0.25, 0.3) is 5.56 Å². The Bertz CT molecular complexity index is 1260. The Labute approximate surface area is 173 Å². The molecule has 152 valence electrons. The zero-order valence-corrected chi connectivity index (χ0v) is 16.7. The maximum atomic E-state index is 13.3. The first-order valence-electron chi connectivity index (χ1n) is 10.1. The third-order valence-corrected chi connectivity index (χ3v) is 5.82. The average molecular weight is 404 g/mol. The molecule has 0 unspecified atom stereocenters. The van der Waals surface area contributed by atoms with Gasteiger partial charge >= 0.3 is 0 Å². The van der Waals surface area contributed by atoms with Gasteiger partial charge in [0.05, 0.1) is 24.1 Å². The second-order valence-corrected chi connectivity index (χ2v) is 7.78. The summed E-state index contributed by atoms with van der Waals surface area (Å²) >= 11 is 0. The number of aryl methyl sites for hydroxylation is 2. The van der Waals surface area contributed by atoms with Crippen LogP contribution in [0.15, 0.2) is 41.2 Å². The van der Waals surface area contributed by atoms with Crippen LogP contribution in [-0.2, 0) is 22.4 Å². The van der Waals surface area contributed by atoms with Gasteiger partial charge in [0, 0.05) is 36.9 Å². The van der Waals surface area contributed by atoms with Gasteiger partial charge in [-0.3, -0.25) is 9.36 Å². The van der Waals surface area contributed by atoms with Crippen LogP contribution in [0.3, 0.4) is 0 Å². The Balaban J connectivity index is 1.51. The summed E-state index contributed by atoms with van der Waals surface area (Å²) in [5, 5.41) is 0.575. The SMILES string of the molecule is Cc1cc(F)ccc1C#Cc1ccc2c(=O)n3c(nc2c1)CCC1(CC3)OCCO1. The lowest BCUT2D eigenvalue weighted by Crippen LogP contribution is -2.31. The third-order valence-electron chi connectivity index (χ3n) is 5.82. The van der Waals surface area contributed by atoms with E-state index in [0.717, 1.165) is 22.5 Å². The number of hydrogen-bond acceptors (Lipinski definition) is 4. The predicted molar refractivity (Wildman–Crippen MR) is 111 cm³/mol. The van der Waals surface area contributed by atoms with Crippen molar-refractivity contribution in [1.82, 2.24) is 9.55 Å². The number of halogens is 1. The average Bonchev–Trinajstić information content (AvgIpc) is 3.12. The quantitative estimate of drug-likeness (QED) is 0.540. The maximum absolute atomic E-state index is 13.3. The molecule has 2 aromatic carbocycles. The summed E-state index contributed by atoms with van der Waals surface area (Å²) in [5.74, 6) is 6.08. The highest BCUT2D eigenvalue weighted by molar-refractivity contribution is 5.79. The van der Waals surface area contributed by atoms with Crippen LogP contribution >= 0.6 is 0 Å². The van der Waals surface area contributed by atoms with E-state index in [9.17, 15) is 9.18 Å². The van der Waals surface area contributed by atoms with E-state index in [1.165, 1.54) is 12.1 Å². The van der Waals surface area contributed by atoms with Gasteiger partial charge in [-0.2, -0.15) is 0 Å². The van der Waals surface area contributed by atoms with Gasteiger partial charge in [-0.05, 0) is 48.9 Å². The highest BCUT2D eigenvalue weighted by atomic mass is 19.1. The second-order valence-electron chi connectivity index (χ2n) is 7.78. The maximum Gasteiger partial charge on any atom is 0.261 e. The first-order chi connectivity index (χ1) is 14.5. The van der Waals surface area contributed by atoms with E-state index in [4.69, 9.17) is 14.5 Å². The van der Waals surface area contributed by atoms with Crippen LogP contribution in [0.25, 0.3) is 10.9 Å². The molecule has 0 bridgehead atoms. The van der Waals surface area contributed by atoms with Gasteiger partial charge in [0.2, 0.25) is 0 Å². The van der Waals surface area contributed by atoms with Crippen LogP contribution < -0.4 is 5.56 Å². The van der Waals surface area contributed by atoms with Crippen molar-refractivity contribution in [2.75, 3.05) is 13.2 Å². The molecule has 0 atom stereocenters. The summed E-state index contributed by atoms with van der Waals surface area (Å²) in [6.45, 7) is 3.55. The van der Waals surface area contributed by atoms with Crippen LogP contribution in [0.1, 0.15) is 35.4 Å². The predicted octanol–water partition coefficient (Wildman–Crippen LogP) is 3.32. The van der Waals surface area contributed by atoms with E-state index in [1.54, 1.807) is 16.7 Å². The fourth-order valence-corrected chi connectivity index (χ4v) is 4.17. The van der Waals surface area contributed by atoms with Crippen molar-refractivity contribution in [2.24, 2.45) is 0 Å². The molecule has 1 fully saturated rings. The number of aromatic nitrogens is 2. The van der Waals surface area contributed by atoms with Crippen molar-refractivity contribution in [3.8, 4) is 11.8 Å². The van der Waals surface area contributed by atoms with Crippen LogP contribution in [0, 0.1) is 24.6 Å². The fourth-order valence-electron chi connectivity index (χ4n) is 4.17. The Morgan fingerprint density at radius 2 is 1.93 bits per heavy atom. The number of fused-ring (bicyclic) bond motifs is 2. The van der Waals surface area contributed by atoms with Crippen LogP contribution in [0.2, 0.25) is 0 Å². The lowest BCUT2D eigenvalue weighted by Gasteiger charge is -2.24. The van der Waals surface area contributed by atoms with Gasteiger partial charge in [0.15, 0.2) is 5.79 Å². The molecule has 0 radical (unpaired) electrons. The summed E-state index contributed by atoms with van der Waals surface area (Å²) in [5.41, 5.74) is 2.91. The van der Waals surface area contributed by atoms with E-state index < -0.39 is 5.79 Å². The highest BCUT2D eigenvalue weighted by Gasteiger charge is 2.38. The largest absolute Gasteiger partial charge is 0.347 e. The van der Waals surface area contributed by atoms with Gasteiger partial charge in [-0.1, -0.05) is 11.8 Å². The zero-order valence-electron chi connectivity index (χ0n) is 16.7. The van der Waals surface area contributed by atoms with E-state index >= 15 is 0 Å². The fraction of sp³-hybridized carbons (Fsp3) is 0.333. The first-order valence-corrected chi connectivity index (χ1v) is 10.1. The Kier molecular flexibility index (Phi) is 4.65. The van der Waals surface area contributed by atoms with Crippen molar-refractivity contribution in [2.45, 2.75) is 38.5 Å². The normalized spacial score (nSPS) is 17.4. The molecule has 2 aliphatic rings. The molecule has 2 aliphatic heterocycles. The van der Waals surface area contributed by atoms with Crippen molar-refractivity contribution >= 4 is 10.9 Å². The molecule has 5 rings (SSSR count). The summed E-state index contributed by atoms with van der Waals surface area (Å²) in [4.78, 5) is 17.8. The second kappa shape index (κ2) is 7.35. The minimum absolute atomic E-state index is 0.0427. The molecular weight excluding hydrogens is 383 g/mol. The Morgan fingerprint density at radius 1 is 1.10 bits per heavy atom. The zero-order chi connectivity index (χ0) is 20.7. The van der Waals surface area contributed by atoms with Gasteiger partial charge in [0.1, 0.15) is 11.6 Å². The van der Waals surface area contributed by atoms with Gasteiger partial charge in [-0.25, -0.2) is 9.37 Å². The molecule has 1 aromatic heterocycles. The van der Waals surface area contributed by atoms with E-state index in [2.05, 4.69) is 11.8 Å². The molecule has 1 saturated heterocycles. The summed E-state index contributed by atoms with van der Waals surface area (Å²) in [6, 6.07) is 9.99. The molecule has 3 heterocycles. The number of rotatable bonds is 0. The molecule has 5 nitrogen and oxygen atoms in total. The van der Waals surface area contributed by atoms with Crippen molar-refractivity contribution in [1.29, 1.82) is 0 Å². The molecule has 0 N–H and O–H groups in total. The standard InChI is InChI=1S/C24H21FN2O3/c1-16-14-19(25)6-5-18(16)4-2-17-3-7-20-21(15-17)26-22-8-9-24(29-12-13-30-24)10-11-27(22)23(20)28/h3,5-7,14-15H,8-13H2,1H3. The Hall–Kier alpha value is -3.01. The number of hydrogen-bond donors (Lipinski definition) is 0. The molecule has 6 heteroatoms. The topological polar surface area (TPSA) is 53.4 Å². The van der Waals surface area contributed by atoms with Crippen molar-refractivity contribution in [3.63, 3.8) is 0 Å². The van der Waals surface area contributed by atoms with Gasteiger partial charge < -0.3 is 9.47 Å². The van der Waals surface area contributed by atoms with Crippen LogP contribution in [0.5, 0.6) is 0 Å². The summed E-state index contributed by atoms with van der Waals surface area (Å²) in [7, 11) is 0. The van der Waals surface area contributed by atoms with E-state index in [1.807, 2.05) is 19.1 Å². The van der Waals surface area contributed by atoms with Crippen LogP contribution in [0.4, 0.5) is 4.39 Å². The van der Waals surface area contributed by atoms with Gasteiger partial charge in [-0.15, -0.1) is 0 Å². The Morgan fingerprint density at radius 3 is 2.73 bits per heavy atom. The number of benzene rings is 2. The van der Waals surface area contributed by atoms with E-state index in [0.29, 0.717) is 49.9 Å². The molecular formula is C24H21FN2O3. The molecule has 1 spiro atoms. The molecule has 0 saturated carbocycles. The van der Waals surface area contributed by atoms with Crippen molar-refractivity contribution < 1.29 is 13.9 Å². The monoisotopic (exact) mass is 404 g/mol. The smallest absolute Gasteiger partial charge is 0.261 e. The highest BCUT2D eigenvalue weighted by Crippen LogP contribution is 2.31. The van der Waals surface area contributed by atoms with Crippen LogP contribution in [-0.4, -0.2) is 28.6 Å². The number of nitrogens with zero attached hydrogens (tertiary/aromatic N) is 2. The van der Waals surface area contributed by atoms with Crippen molar-refractivity contribution in [3.05, 3.63) is 75.1 Å². The first kappa shape index (κ1) is 19.0. The summed E-state index contributed by atoms with van der Waals surface area (Å²) < 4.78 is 26.7.